The minimum atomic E-state index is 0.727. The molecule has 18 heavy (non-hydrogen) atoms. The second-order valence-electron chi connectivity index (χ2n) is 3.85. The van der Waals surface area contributed by atoms with E-state index in [1.165, 1.54) is 6.42 Å². The van der Waals surface area contributed by atoms with Gasteiger partial charge in [0.15, 0.2) is 0 Å². The van der Waals surface area contributed by atoms with E-state index in [1.807, 2.05) is 12.1 Å². The van der Waals surface area contributed by atoms with Crippen LogP contribution in [0.3, 0.4) is 0 Å². The number of hydrogen-bond donors (Lipinski definition) is 1. The van der Waals surface area contributed by atoms with Crippen LogP contribution < -0.4 is 5.32 Å². The van der Waals surface area contributed by atoms with Gasteiger partial charge in [0.1, 0.15) is 5.03 Å². The molecule has 0 radical (unpaired) electrons. The molecule has 3 nitrogen and oxygen atoms in total. The lowest BCUT2D eigenvalue weighted by atomic mass is 10.4. The number of aromatic nitrogens is 1. The summed E-state index contributed by atoms with van der Waals surface area (Å²) in [4.78, 5) is 4.22. The second-order valence-corrected chi connectivity index (χ2v) is 5.35. The molecular weight excluding hydrogens is 268 g/mol. The summed E-state index contributed by atoms with van der Waals surface area (Å²) in [6.07, 6.45) is 4.10. The number of thioether (sulfide) groups is 1. The molecule has 0 bridgehead atoms. The summed E-state index contributed by atoms with van der Waals surface area (Å²) in [6.45, 7) is 5.67. The number of nitrogens with zero attached hydrogens (tertiary/aromatic N) is 1. The molecule has 5 heteroatoms. The number of nitrogens with one attached hydrogen (secondary N) is 1. The topological polar surface area (TPSA) is 34.1 Å². The molecule has 0 aliphatic carbocycles. The Morgan fingerprint density at radius 3 is 3.06 bits per heavy atom. The van der Waals surface area contributed by atoms with Gasteiger partial charge in [0.05, 0.1) is 11.6 Å². The van der Waals surface area contributed by atoms with E-state index in [4.69, 9.17) is 16.3 Å². The fourth-order valence-electron chi connectivity index (χ4n) is 1.32. The third-order valence-corrected chi connectivity index (χ3v) is 3.73. The van der Waals surface area contributed by atoms with Crippen molar-refractivity contribution in [1.82, 2.24) is 10.3 Å². The molecule has 0 aromatic carbocycles. The third-order valence-electron chi connectivity index (χ3n) is 2.31. The first kappa shape index (κ1) is 15.8. The summed E-state index contributed by atoms with van der Waals surface area (Å²) in [6, 6.07) is 3.71. The van der Waals surface area contributed by atoms with Gasteiger partial charge in [-0.15, -0.1) is 11.8 Å². The smallest absolute Gasteiger partial charge is 0.115 e. The number of pyridine rings is 1. The lowest BCUT2D eigenvalue weighted by molar-refractivity contribution is 0.133. The molecule has 0 aliphatic rings. The Morgan fingerprint density at radius 1 is 1.39 bits per heavy atom. The van der Waals surface area contributed by atoms with Crippen LogP contribution in [0.2, 0.25) is 5.02 Å². The summed E-state index contributed by atoms with van der Waals surface area (Å²) in [5.41, 5.74) is 0. The molecule has 1 heterocycles. The zero-order valence-electron chi connectivity index (χ0n) is 10.8. The first-order valence-corrected chi connectivity index (χ1v) is 7.72. The number of ether oxygens (including phenoxy) is 1. The van der Waals surface area contributed by atoms with Gasteiger partial charge in [0.2, 0.25) is 0 Å². The maximum Gasteiger partial charge on any atom is 0.115 e. The average Bonchev–Trinajstić information content (AvgIpc) is 2.39. The van der Waals surface area contributed by atoms with E-state index in [0.29, 0.717) is 0 Å². The van der Waals surface area contributed by atoms with Gasteiger partial charge in [-0.25, -0.2) is 4.98 Å². The SMILES string of the molecule is CCCCOCCNCCSc1ncccc1Cl. The van der Waals surface area contributed by atoms with Crippen LogP contribution in [0, 0.1) is 0 Å². The predicted molar refractivity (Wildman–Crippen MR) is 78.6 cm³/mol. The maximum absolute atomic E-state index is 6.01. The Morgan fingerprint density at radius 2 is 2.28 bits per heavy atom. The van der Waals surface area contributed by atoms with Crippen LogP contribution in [0.4, 0.5) is 0 Å². The van der Waals surface area contributed by atoms with E-state index in [9.17, 15) is 0 Å². The number of unbranched alkanes of at least 4 members (excludes halogenated alkanes) is 1. The minimum absolute atomic E-state index is 0.727. The molecule has 0 aliphatic heterocycles. The van der Waals surface area contributed by atoms with Crippen LogP contribution in [-0.2, 0) is 4.74 Å². The van der Waals surface area contributed by atoms with Crippen LogP contribution in [0.1, 0.15) is 19.8 Å². The average molecular weight is 289 g/mol. The van der Waals surface area contributed by atoms with Crippen LogP contribution >= 0.6 is 23.4 Å². The van der Waals surface area contributed by atoms with Crippen molar-refractivity contribution in [2.24, 2.45) is 0 Å². The zero-order valence-corrected chi connectivity index (χ0v) is 12.4. The van der Waals surface area contributed by atoms with E-state index in [1.54, 1.807) is 18.0 Å². The Labute approximate surface area is 119 Å². The molecule has 0 amide bonds. The van der Waals surface area contributed by atoms with Gasteiger partial charge in [-0.1, -0.05) is 24.9 Å². The van der Waals surface area contributed by atoms with Gasteiger partial charge in [-0.2, -0.15) is 0 Å². The molecule has 0 atom stereocenters. The Bertz CT molecular complexity index is 326. The second kappa shape index (κ2) is 10.6. The molecule has 1 N–H and O–H groups in total. The first-order chi connectivity index (χ1) is 8.84. The van der Waals surface area contributed by atoms with Gasteiger partial charge in [0, 0.05) is 31.6 Å². The van der Waals surface area contributed by atoms with E-state index < -0.39 is 0 Å². The summed E-state index contributed by atoms with van der Waals surface area (Å²) < 4.78 is 5.46. The van der Waals surface area contributed by atoms with Crippen molar-refractivity contribution >= 4 is 23.4 Å². The minimum Gasteiger partial charge on any atom is -0.380 e. The van der Waals surface area contributed by atoms with E-state index in [0.717, 1.165) is 48.5 Å². The number of halogens is 1. The van der Waals surface area contributed by atoms with Crippen LogP contribution in [-0.4, -0.2) is 37.0 Å². The predicted octanol–water partition coefficient (Wildman–Crippen LogP) is 3.23. The monoisotopic (exact) mass is 288 g/mol. The molecule has 1 aromatic heterocycles. The summed E-state index contributed by atoms with van der Waals surface area (Å²) in [5.74, 6) is 0.964. The highest BCUT2D eigenvalue weighted by molar-refractivity contribution is 7.99. The third kappa shape index (κ3) is 7.21. The van der Waals surface area contributed by atoms with Gasteiger partial charge >= 0.3 is 0 Å². The molecule has 1 rings (SSSR count). The lowest BCUT2D eigenvalue weighted by Crippen LogP contribution is -2.22. The van der Waals surface area contributed by atoms with E-state index in [2.05, 4.69) is 17.2 Å². The molecule has 0 unspecified atom stereocenters. The fourth-order valence-corrected chi connectivity index (χ4v) is 2.38. The molecule has 0 saturated carbocycles. The molecule has 1 aromatic rings. The molecule has 102 valence electrons. The van der Waals surface area contributed by atoms with Gasteiger partial charge in [-0.3, -0.25) is 0 Å². The molecule has 0 saturated heterocycles. The Balaban J connectivity index is 1.94. The fraction of sp³-hybridized carbons (Fsp3) is 0.615. The Kier molecular flexibility index (Phi) is 9.30. The van der Waals surface area contributed by atoms with Crippen molar-refractivity contribution < 1.29 is 4.74 Å². The quantitative estimate of drug-likeness (QED) is 0.529. The van der Waals surface area contributed by atoms with Crippen molar-refractivity contribution in [1.29, 1.82) is 0 Å². The summed E-state index contributed by atoms with van der Waals surface area (Å²) >= 11 is 7.68. The molecular formula is C13H21ClN2OS. The van der Waals surface area contributed by atoms with Crippen molar-refractivity contribution in [2.45, 2.75) is 24.8 Å². The first-order valence-electron chi connectivity index (χ1n) is 6.36. The van der Waals surface area contributed by atoms with Crippen LogP contribution in [0.5, 0.6) is 0 Å². The van der Waals surface area contributed by atoms with Gasteiger partial charge < -0.3 is 10.1 Å². The zero-order chi connectivity index (χ0) is 13.1. The highest BCUT2D eigenvalue weighted by Gasteiger charge is 2.00. The summed E-state index contributed by atoms with van der Waals surface area (Å²) in [7, 11) is 0. The largest absolute Gasteiger partial charge is 0.380 e. The Hall–Kier alpha value is -0.290. The van der Waals surface area contributed by atoms with Crippen molar-refractivity contribution in [3.05, 3.63) is 23.4 Å². The number of hydrogen-bond acceptors (Lipinski definition) is 4. The van der Waals surface area contributed by atoms with Crippen molar-refractivity contribution in [3.8, 4) is 0 Å². The summed E-state index contributed by atoms with van der Waals surface area (Å²) in [5, 5.41) is 4.97. The van der Waals surface area contributed by atoms with Crippen LogP contribution in [0.25, 0.3) is 0 Å². The number of rotatable bonds is 10. The van der Waals surface area contributed by atoms with Gasteiger partial charge in [-0.05, 0) is 18.6 Å². The normalized spacial score (nSPS) is 10.8. The molecule has 0 spiro atoms. The highest BCUT2D eigenvalue weighted by Crippen LogP contribution is 2.23. The standard InChI is InChI=1S/C13H21ClN2OS/c1-2-3-9-17-10-7-15-8-11-18-13-12(14)5-4-6-16-13/h4-6,15H,2-3,7-11H2,1H3. The van der Waals surface area contributed by atoms with Crippen molar-refractivity contribution in [3.63, 3.8) is 0 Å². The maximum atomic E-state index is 6.01. The van der Waals surface area contributed by atoms with Crippen LogP contribution in [0.15, 0.2) is 23.4 Å². The van der Waals surface area contributed by atoms with Gasteiger partial charge in [0.25, 0.3) is 0 Å². The molecule has 0 fully saturated rings. The lowest BCUT2D eigenvalue weighted by Gasteiger charge is -2.06. The highest BCUT2D eigenvalue weighted by atomic mass is 35.5. The van der Waals surface area contributed by atoms with Crippen molar-refractivity contribution in [2.75, 3.05) is 32.1 Å². The van der Waals surface area contributed by atoms with E-state index in [-0.39, 0.29) is 0 Å². The van der Waals surface area contributed by atoms with E-state index >= 15 is 0 Å².